The first-order chi connectivity index (χ1) is 11.4. The summed E-state index contributed by atoms with van der Waals surface area (Å²) >= 11 is 6.08. The van der Waals surface area contributed by atoms with Gasteiger partial charge in [-0.15, -0.1) is 0 Å². The van der Waals surface area contributed by atoms with Gasteiger partial charge in [-0.3, -0.25) is 4.79 Å². The van der Waals surface area contributed by atoms with E-state index in [1.54, 1.807) is 6.92 Å². The summed E-state index contributed by atoms with van der Waals surface area (Å²) in [7, 11) is 0. The van der Waals surface area contributed by atoms with E-state index in [9.17, 15) is 9.59 Å². The van der Waals surface area contributed by atoms with Gasteiger partial charge in [0.05, 0.1) is 6.61 Å². The number of carbonyl (C=O) groups is 2. The predicted octanol–water partition coefficient (Wildman–Crippen LogP) is 0.978. The molecule has 24 heavy (non-hydrogen) atoms. The highest BCUT2D eigenvalue weighted by molar-refractivity contribution is 6.32. The van der Waals surface area contributed by atoms with Gasteiger partial charge in [-0.25, -0.2) is 20.2 Å². The third kappa shape index (κ3) is 5.23. The van der Waals surface area contributed by atoms with Crippen molar-refractivity contribution in [2.45, 2.75) is 20.8 Å². The fourth-order valence-electron chi connectivity index (χ4n) is 1.72. The summed E-state index contributed by atoms with van der Waals surface area (Å²) in [5.74, 6) is -0.318. The maximum absolute atomic E-state index is 12.0. The van der Waals surface area contributed by atoms with Crippen molar-refractivity contribution in [3.8, 4) is 0 Å². The lowest BCUT2D eigenvalue weighted by Crippen LogP contribution is -2.28. The molecule has 1 heterocycles. The second-order valence-corrected chi connectivity index (χ2v) is 4.67. The number of amides is 2. The molecule has 0 fully saturated rings. The molecule has 11 heteroatoms. The highest BCUT2D eigenvalue weighted by Gasteiger charge is 2.18. The Morgan fingerprint density at radius 2 is 2.00 bits per heavy atom. The topological polar surface area (TPSA) is 135 Å². The molecule has 10 nitrogen and oxygen atoms in total. The van der Waals surface area contributed by atoms with Gasteiger partial charge in [-0.1, -0.05) is 11.6 Å². The maximum Gasteiger partial charge on any atom is 0.427 e. The molecule has 1 aromatic rings. The predicted molar refractivity (Wildman–Crippen MR) is 91.1 cm³/mol. The number of nitrogens with two attached hydrogens (primary N) is 1. The van der Waals surface area contributed by atoms with Gasteiger partial charge in [0.1, 0.15) is 6.34 Å². The van der Waals surface area contributed by atoms with E-state index >= 15 is 0 Å². The molecule has 1 rings (SSSR count). The third-order valence-corrected chi connectivity index (χ3v) is 3.09. The van der Waals surface area contributed by atoms with Crippen molar-refractivity contribution in [1.29, 1.82) is 0 Å². The van der Waals surface area contributed by atoms with Crippen LogP contribution in [0.3, 0.4) is 0 Å². The Kier molecular flexibility index (Phi) is 7.69. The van der Waals surface area contributed by atoms with Crippen LogP contribution in [0.4, 0.5) is 16.4 Å². The van der Waals surface area contributed by atoms with Crippen LogP contribution in [-0.4, -0.2) is 48.0 Å². The van der Waals surface area contributed by atoms with Crippen LogP contribution in [0, 0.1) is 0 Å². The number of ether oxygens (including phenoxy) is 1. The van der Waals surface area contributed by atoms with Crippen molar-refractivity contribution >= 4 is 41.6 Å². The monoisotopic (exact) mass is 357 g/mol. The van der Waals surface area contributed by atoms with Gasteiger partial charge < -0.3 is 20.7 Å². The van der Waals surface area contributed by atoms with Gasteiger partial charge in [0.2, 0.25) is 0 Å². The third-order valence-electron chi connectivity index (χ3n) is 2.83. The number of rotatable bonds is 7. The zero-order valence-electron chi connectivity index (χ0n) is 13.7. The molecule has 0 unspecified atom stereocenters. The highest BCUT2D eigenvalue weighted by Crippen LogP contribution is 2.23. The van der Waals surface area contributed by atoms with Crippen molar-refractivity contribution in [3.05, 3.63) is 10.8 Å². The number of aromatic nitrogens is 2. The first kappa shape index (κ1) is 19.4. The molecule has 0 aliphatic rings. The largest absolute Gasteiger partial charge is 0.449 e. The second kappa shape index (κ2) is 9.50. The fraction of sp³-hybridized carbons (Fsp3) is 0.462. The summed E-state index contributed by atoms with van der Waals surface area (Å²) in [6, 6.07) is 0. The number of nitrogens with zero attached hydrogens (tertiary/aromatic N) is 4. The summed E-state index contributed by atoms with van der Waals surface area (Å²) in [6.07, 6.45) is 0.223. The molecule has 0 bridgehead atoms. The number of halogens is 1. The van der Waals surface area contributed by atoms with E-state index in [1.165, 1.54) is 0 Å². The Balaban J connectivity index is 2.80. The van der Waals surface area contributed by atoms with Crippen molar-refractivity contribution in [3.63, 3.8) is 0 Å². The van der Waals surface area contributed by atoms with Crippen LogP contribution < -0.4 is 21.4 Å². The number of hydrogen-bond donors (Lipinski definition) is 3. The average molecular weight is 358 g/mol. The Labute approximate surface area is 144 Å². The lowest BCUT2D eigenvalue weighted by molar-refractivity contribution is 0.0973. The molecule has 0 atom stereocenters. The van der Waals surface area contributed by atoms with Crippen LogP contribution in [0.5, 0.6) is 0 Å². The van der Waals surface area contributed by atoms with E-state index in [-0.39, 0.29) is 23.3 Å². The average Bonchev–Trinajstić information content (AvgIpc) is 2.55. The fourth-order valence-corrected chi connectivity index (χ4v) is 1.96. The van der Waals surface area contributed by atoms with E-state index < -0.39 is 12.0 Å². The molecule has 0 aliphatic carbocycles. The van der Waals surface area contributed by atoms with Gasteiger partial charge in [0.25, 0.3) is 5.91 Å². The van der Waals surface area contributed by atoms with Crippen molar-refractivity contribution < 1.29 is 14.3 Å². The van der Waals surface area contributed by atoms with E-state index in [4.69, 9.17) is 17.3 Å². The minimum absolute atomic E-state index is 0.0643. The summed E-state index contributed by atoms with van der Waals surface area (Å²) in [6.45, 7) is 7.07. The maximum atomic E-state index is 12.0. The zero-order valence-corrected chi connectivity index (χ0v) is 14.4. The number of carbonyl (C=O) groups excluding carboxylic acids is 2. The first-order valence-electron chi connectivity index (χ1n) is 7.27. The lowest BCUT2D eigenvalue weighted by atomic mass is 10.3. The highest BCUT2D eigenvalue weighted by atomic mass is 35.5. The minimum Gasteiger partial charge on any atom is -0.449 e. The standard InChI is InChI=1S/C13H20ClN7O3/c1-4-21(5-2)11-9(14)18-8(10(15)19-11)12(22)16-7-17-20-13(23)24-6-3/h7H,4-6H2,1-3H3,(H2,15,19)(H,20,23)(H,16,17,22). The summed E-state index contributed by atoms with van der Waals surface area (Å²) in [5.41, 5.74) is 7.69. The smallest absolute Gasteiger partial charge is 0.427 e. The minimum atomic E-state index is -0.742. The molecule has 2 amide bonds. The van der Waals surface area contributed by atoms with Gasteiger partial charge in [-0.2, -0.15) is 5.10 Å². The molecule has 0 spiro atoms. The lowest BCUT2D eigenvalue weighted by Gasteiger charge is -2.21. The Morgan fingerprint density at radius 1 is 1.33 bits per heavy atom. The SMILES string of the molecule is CCOC(=O)NN=CNC(=O)c1nc(Cl)c(N(CC)CC)nc1N. The van der Waals surface area contributed by atoms with Crippen molar-refractivity contribution in [2.24, 2.45) is 5.10 Å². The Hall–Kier alpha value is -2.62. The summed E-state index contributed by atoms with van der Waals surface area (Å²) in [5, 5.41) is 5.82. The van der Waals surface area contributed by atoms with Crippen LogP contribution in [0.25, 0.3) is 0 Å². The van der Waals surface area contributed by atoms with Crippen LogP contribution in [0.2, 0.25) is 5.15 Å². The normalized spacial score (nSPS) is 10.5. The Morgan fingerprint density at radius 3 is 2.58 bits per heavy atom. The van der Waals surface area contributed by atoms with Crippen LogP contribution in [0.15, 0.2) is 5.10 Å². The number of hydrazone groups is 1. The van der Waals surface area contributed by atoms with Crippen LogP contribution >= 0.6 is 11.6 Å². The van der Waals surface area contributed by atoms with Crippen molar-refractivity contribution in [1.82, 2.24) is 20.7 Å². The quantitative estimate of drug-likeness (QED) is 0.376. The van der Waals surface area contributed by atoms with Gasteiger partial charge >= 0.3 is 6.09 Å². The number of anilines is 2. The Bertz CT molecular complexity index is 620. The molecule has 132 valence electrons. The number of nitrogens with one attached hydrogen (secondary N) is 2. The molecule has 1 aromatic heterocycles. The van der Waals surface area contributed by atoms with E-state index in [2.05, 4.69) is 25.1 Å². The number of nitrogen functional groups attached to an aromatic ring is 1. The summed E-state index contributed by atoms with van der Waals surface area (Å²) in [4.78, 5) is 33.0. The van der Waals surface area contributed by atoms with E-state index in [1.807, 2.05) is 24.2 Å². The van der Waals surface area contributed by atoms with Crippen LogP contribution in [-0.2, 0) is 4.74 Å². The molecule has 0 saturated carbocycles. The molecule has 0 radical (unpaired) electrons. The van der Waals surface area contributed by atoms with Crippen LogP contribution in [0.1, 0.15) is 31.3 Å². The van der Waals surface area contributed by atoms with E-state index in [0.29, 0.717) is 18.9 Å². The number of hydrogen-bond acceptors (Lipinski definition) is 8. The van der Waals surface area contributed by atoms with Gasteiger partial charge in [0.15, 0.2) is 22.5 Å². The van der Waals surface area contributed by atoms with Gasteiger partial charge in [0, 0.05) is 13.1 Å². The molecular formula is C13H20ClN7O3. The molecule has 0 saturated heterocycles. The zero-order chi connectivity index (χ0) is 18.1. The second-order valence-electron chi connectivity index (χ2n) is 4.31. The first-order valence-corrected chi connectivity index (χ1v) is 7.65. The van der Waals surface area contributed by atoms with Gasteiger partial charge in [-0.05, 0) is 20.8 Å². The van der Waals surface area contributed by atoms with Crippen molar-refractivity contribution in [2.75, 3.05) is 30.3 Å². The molecule has 0 aliphatic heterocycles. The molecule has 0 aromatic carbocycles. The summed E-state index contributed by atoms with van der Waals surface area (Å²) < 4.78 is 4.58. The molecular weight excluding hydrogens is 338 g/mol. The molecule has 4 N–H and O–H groups in total. The van der Waals surface area contributed by atoms with E-state index in [0.717, 1.165) is 6.34 Å².